The standard InChI is InChI=1S/C10H19NO/c1-4-10(7-8(2)3)6-5-9(12)11-10/h8H,4-7H2,1-3H3,(H,11,12). The van der Waals surface area contributed by atoms with Crippen LogP contribution < -0.4 is 5.32 Å². The highest BCUT2D eigenvalue weighted by molar-refractivity contribution is 5.79. The second kappa shape index (κ2) is 3.46. The molecular formula is C10H19NO. The van der Waals surface area contributed by atoms with Crippen LogP contribution in [0.15, 0.2) is 0 Å². The summed E-state index contributed by atoms with van der Waals surface area (Å²) in [5.41, 5.74) is 0.130. The van der Waals surface area contributed by atoms with E-state index in [-0.39, 0.29) is 11.4 Å². The zero-order chi connectivity index (χ0) is 9.19. The lowest BCUT2D eigenvalue weighted by Gasteiger charge is -2.29. The molecule has 0 spiro atoms. The fourth-order valence-corrected chi connectivity index (χ4v) is 2.12. The molecule has 0 bridgehead atoms. The van der Waals surface area contributed by atoms with Crippen LogP contribution >= 0.6 is 0 Å². The Hall–Kier alpha value is -0.530. The average molecular weight is 169 g/mol. The van der Waals surface area contributed by atoms with Crippen LogP contribution in [0.2, 0.25) is 0 Å². The number of hydrogen-bond donors (Lipinski definition) is 1. The number of amides is 1. The summed E-state index contributed by atoms with van der Waals surface area (Å²) in [6.45, 7) is 6.58. The lowest BCUT2D eigenvalue weighted by Crippen LogP contribution is -2.41. The molecule has 12 heavy (non-hydrogen) atoms. The molecule has 1 aliphatic heterocycles. The summed E-state index contributed by atoms with van der Waals surface area (Å²) < 4.78 is 0. The highest BCUT2D eigenvalue weighted by Crippen LogP contribution is 2.30. The highest BCUT2D eigenvalue weighted by atomic mass is 16.2. The van der Waals surface area contributed by atoms with Crippen molar-refractivity contribution in [3.8, 4) is 0 Å². The minimum Gasteiger partial charge on any atom is -0.351 e. The molecular weight excluding hydrogens is 150 g/mol. The minimum atomic E-state index is 0.130. The van der Waals surface area contributed by atoms with Crippen molar-refractivity contribution in [3.63, 3.8) is 0 Å². The first-order valence-corrected chi connectivity index (χ1v) is 4.89. The zero-order valence-corrected chi connectivity index (χ0v) is 8.31. The third-order valence-corrected chi connectivity index (χ3v) is 2.71. The fraction of sp³-hybridized carbons (Fsp3) is 0.900. The molecule has 0 saturated carbocycles. The Morgan fingerprint density at radius 2 is 2.25 bits per heavy atom. The van der Waals surface area contributed by atoms with Crippen LogP contribution in [-0.4, -0.2) is 11.4 Å². The van der Waals surface area contributed by atoms with Crippen LogP contribution in [0, 0.1) is 5.92 Å². The van der Waals surface area contributed by atoms with Crippen molar-refractivity contribution in [3.05, 3.63) is 0 Å². The SMILES string of the molecule is CCC1(CC(C)C)CCC(=O)N1. The predicted molar refractivity (Wildman–Crippen MR) is 49.9 cm³/mol. The summed E-state index contributed by atoms with van der Waals surface area (Å²) in [6, 6.07) is 0. The number of rotatable bonds is 3. The van der Waals surface area contributed by atoms with Crippen molar-refractivity contribution < 1.29 is 4.79 Å². The van der Waals surface area contributed by atoms with E-state index in [2.05, 4.69) is 26.1 Å². The van der Waals surface area contributed by atoms with Crippen LogP contribution in [0.4, 0.5) is 0 Å². The van der Waals surface area contributed by atoms with Gasteiger partial charge in [-0.2, -0.15) is 0 Å². The fourth-order valence-electron chi connectivity index (χ4n) is 2.12. The lowest BCUT2D eigenvalue weighted by molar-refractivity contribution is -0.119. The number of hydrogen-bond acceptors (Lipinski definition) is 1. The van der Waals surface area contributed by atoms with Gasteiger partial charge in [-0.15, -0.1) is 0 Å². The van der Waals surface area contributed by atoms with E-state index in [9.17, 15) is 4.79 Å². The van der Waals surface area contributed by atoms with Crippen molar-refractivity contribution >= 4 is 5.91 Å². The third-order valence-electron chi connectivity index (χ3n) is 2.71. The van der Waals surface area contributed by atoms with Gasteiger partial charge in [0, 0.05) is 12.0 Å². The normalized spacial score (nSPS) is 29.5. The van der Waals surface area contributed by atoms with Crippen molar-refractivity contribution in [1.82, 2.24) is 5.32 Å². The van der Waals surface area contributed by atoms with E-state index in [0.717, 1.165) is 25.7 Å². The summed E-state index contributed by atoms with van der Waals surface area (Å²) >= 11 is 0. The van der Waals surface area contributed by atoms with Gasteiger partial charge in [0.1, 0.15) is 0 Å². The molecule has 2 heteroatoms. The van der Waals surface area contributed by atoms with Crippen LogP contribution in [0.5, 0.6) is 0 Å². The molecule has 2 nitrogen and oxygen atoms in total. The van der Waals surface area contributed by atoms with Gasteiger partial charge in [-0.05, 0) is 25.2 Å². The van der Waals surface area contributed by atoms with Gasteiger partial charge in [-0.1, -0.05) is 20.8 Å². The first-order chi connectivity index (χ1) is 5.58. The molecule has 1 fully saturated rings. The molecule has 0 aromatic rings. The van der Waals surface area contributed by atoms with Gasteiger partial charge in [0.05, 0.1) is 0 Å². The third kappa shape index (κ3) is 1.99. The zero-order valence-electron chi connectivity index (χ0n) is 8.31. The Morgan fingerprint density at radius 3 is 2.58 bits per heavy atom. The summed E-state index contributed by atoms with van der Waals surface area (Å²) in [5.74, 6) is 0.904. The largest absolute Gasteiger partial charge is 0.351 e. The smallest absolute Gasteiger partial charge is 0.220 e. The molecule has 1 unspecified atom stereocenters. The van der Waals surface area contributed by atoms with Gasteiger partial charge in [0.2, 0.25) is 5.91 Å². The van der Waals surface area contributed by atoms with Crippen molar-refractivity contribution in [1.29, 1.82) is 0 Å². The molecule has 0 aromatic heterocycles. The summed E-state index contributed by atoms with van der Waals surface area (Å²) in [4.78, 5) is 11.1. The summed E-state index contributed by atoms with van der Waals surface area (Å²) in [6.07, 6.45) is 3.94. The van der Waals surface area contributed by atoms with Crippen LogP contribution in [0.25, 0.3) is 0 Å². The topological polar surface area (TPSA) is 29.1 Å². The number of carbonyl (C=O) groups is 1. The second-order valence-corrected chi connectivity index (χ2v) is 4.28. The Balaban J connectivity index is 2.58. The Bertz CT molecular complexity index is 177. The van der Waals surface area contributed by atoms with Crippen molar-refractivity contribution in [2.75, 3.05) is 0 Å². The molecule has 70 valence electrons. The van der Waals surface area contributed by atoms with E-state index in [1.165, 1.54) is 0 Å². The predicted octanol–water partition coefficient (Wildman–Crippen LogP) is 2.09. The van der Waals surface area contributed by atoms with Gasteiger partial charge in [-0.3, -0.25) is 4.79 Å². The molecule has 1 N–H and O–H groups in total. The van der Waals surface area contributed by atoms with Crippen molar-refractivity contribution in [2.24, 2.45) is 5.92 Å². The maximum absolute atomic E-state index is 11.1. The highest BCUT2D eigenvalue weighted by Gasteiger charge is 2.35. The molecule has 1 amide bonds. The van der Waals surface area contributed by atoms with Gasteiger partial charge >= 0.3 is 0 Å². The molecule has 0 radical (unpaired) electrons. The van der Waals surface area contributed by atoms with Gasteiger partial charge in [0.15, 0.2) is 0 Å². The molecule has 1 saturated heterocycles. The van der Waals surface area contributed by atoms with E-state index >= 15 is 0 Å². The molecule has 0 aromatic carbocycles. The summed E-state index contributed by atoms with van der Waals surface area (Å²) in [5, 5.41) is 3.11. The number of carbonyl (C=O) groups excluding carboxylic acids is 1. The average Bonchev–Trinajstić information content (AvgIpc) is 2.32. The first kappa shape index (κ1) is 9.56. The molecule has 1 rings (SSSR count). The quantitative estimate of drug-likeness (QED) is 0.688. The number of nitrogens with one attached hydrogen (secondary N) is 1. The molecule has 1 aliphatic rings. The maximum Gasteiger partial charge on any atom is 0.220 e. The first-order valence-electron chi connectivity index (χ1n) is 4.89. The Morgan fingerprint density at radius 1 is 1.58 bits per heavy atom. The Kier molecular flexibility index (Phi) is 2.76. The molecule has 1 heterocycles. The van der Waals surface area contributed by atoms with Gasteiger partial charge < -0.3 is 5.32 Å². The van der Waals surface area contributed by atoms with Crippen LogP contribution in [0.3, 0.4) is 0 Å². The van der Waals surface area contributed by atoms with Gasteiger partial charge in [0.25, 0.3) is 0 Å². The van der Waals surface area contributed by atoms with E-state index in [1.807, 2.05) is 0 Å². The van der Waals surface area contributed by atoms with Crippen LogP contribution in [-0.2, 0) is 4.79 Å². The minimum absolute atomic E-state index is 0.130. The molecule has 0 aliphatic carbocycles. The van der Waals surface area contributed by atoms with E-state index in [0.29, 0.717) is 5.92 Å². The van der Waals surface area contributed by atoms with Crippen LogP contribution in [0.1, 0.15) is 46.5 Å². The lowest BCUT2D eigenvalue weighted by atomic mass is 9.85. The Labute approximate surface area is 74.7 Å². The monoisotopic (exact) mass is 169 g/mol. The van der Waals surface area contributed by atoms with E-state index in [4.69, 9.17) is 0 Å². The van der Waals surface area contributed by atoms with Crippen molar-refractivity contribution in [2.45, 2.75) is 52.0 Å². The van der Waals surface area contributed by atoms with Gasteiger partial charge in [-0.25, -0.2) is 0 Å². The second-order valence-electron chi connectivity index (χ2n) is 4.28. The van der Waals surface area contributed by atoms with E-state index in [1.54, 1.807) is 0 Å². The summed E-state index contributed by atoms with van der Waals surface area (Å²) in [7, 11) is 0. The van der Waals surface area contributed by atoms with E-state index < -0.39 is 0 Å². The molecule has 1 atom stereocenters. The maximum atomic E-state index is 11.1.